The van der Waals surface area contributed by atoms with Crippen molar-refractivity contribution in [2.24, 2.45) is 17.8 Å². The van der Waals surface area contributed by atoms with E-state index < -0.39 is 23.9 Å². The number of halogens is 1. The molecule has 1 fully saturated rings. The molecule has 1 saturated heterocycles. The van der Waals surface area contributed by atoms with E-state index in [2.05, 4.69) is 0 Å². The summed E-state index contributed by atoms with van der Waals surface area (Å²) in [7, 11) is 3.06. The molecule has 1 aromatic rings. The molecule has 3 N–H and O–H groups in total. The topological polar surface area (TPSA) is 117 Å². The van der Waals surface area contributed by atoms with Crippen molar-refractivity contribution in [1.29, 1.82) is 0 Å². The number of aromatic hydroxyl groups is 1. The Balaban J connectivity index is 1.83. The fourth-order valence-electron chi connectivity index (χ4n) is 5.48. The molecule has 4 atom stereocenters. The summed E-state index contributed by atoms with van der Waals surface area (Å²) in [5.74, 6) is -1.73. The summed E-state index contributed by atoms with van der Waals surface area (Å²) in [4.78, 5) is 27.4. The highest BCUT2D eigenvalue weighted by atomic mass is 127. The third kappa shape index (κ3) is 5.79. The second kappa shape index (κ2) is 12.5. The van der Waals surface area contributed by atoms with Crippen LogP contribution in [0.1, 0.15) is 45.1 Å². The summed E-state index contributed by atoms with van der Waals surface area (Å²) in [6, 6.07) is 3.61. The predicted octanol–water partition coefficient (Wildman–Crippen LogP) is 3.52. The highest BCUT2D eigenvalue weighted by Crippen LogP contribution is 2.46. The molecule has 1 aliphatic carbocycles. The molecule has 1 heterocycles. The Kier molecular flexibility index (Phi) is 9.96. The van der Waals surface area contributed by atoms with Crippen LogP contribution in [0.25, 0.3) is 6.08 Å². The molecular formula is C27H36INO7. The van der Waals surface area contributed by atoms with Gasteiger partial charge in [-0.15, -0.1) is 0 Å². The lowest BCUT2D eigenvalue weighted by molar-refractivity contribution is -0.140. The minimum absolute atomic E-state index is 0.101. The zero-order chi connectivity index (χ0) is 26.6. The van der Waals surface area contributed by atoms with Gasteiger partial charge in [0, 0.05) is 19.6 Å². The van der Waals surface area contributed by atoms with Gasteiger partial charge in [-0.05, 0) is 84.0 Å². The molecular weight excluding hydrogens is 577 g/mol. The van der Waals surface area contributed by atoms with E-state index in [0.717, 1.165) is 16.7 Å². The number of rotatable bonds is 11. The number of phenolic OH excluding ortho intramolecular Hbond substituents is 1. The van der Waals surface area contributed by atoms with Crippen molar-refractivity contribution in [3.05, 3.63) is 38.0 Å². The highest BCUT2D eigenvalue weighted by Gasteiger charge is 2.54. The lowest BCUT2D eigenvalue weighted by atomic mass is 9.68. The summed E-state index contributed by atoms with van der Waals surface area (Å²) in [5.41, 5.74) is 3.32. The average molecular weight is 613 g/mol. The number of methoxy groups -OCH3 is 2. The van der Waals surface area contributed by atoms with Crippen molar-refractivity contribution in [2.75, 3.05) is 34.0 Å². The number of carbonyl (C=O) groups is 2. The molecule has 1 aromatic carbocycles. The summed E-state index contributed by atoms with van der Waals surface area (Å²) >= 11 is 2.05. The molecule has 0 spiro atoms. The van der Waals surface area contributed by atoms with E-state index in [0.29, 0.717) is 47.1 Å². The lowest BCUT2D eigenvalue weighted by Gasteiger charge is -2.36. The summed E-state index contributed by atoms with van der Waals surface area (Å²) in [6.45, 7) is 4.17. The number of likely N-dealkylation sites (tertiary alicyclic amines) is 1. The van der Waals surface area contributed by atoms with Gasteiger partial charge < -0.3 is 24.8 Å². The Morgan fingerprint density at radius 2 is 2.00 bits per heavy atom. The van der Waals surface area contributed by atoms with Crippen LogP contribution in [-0.2, 0) is 14.3 Å². The number of phenols is 1. The Morgan fingerprint density at radius 1 is 1.28 bits per heavy atom. The van der Waals surface area contributed by atoms with Gasteiger partial charge in [0.1, 0.15) is 0 Å². The predicted molar refractivity (Wildman–Crippen MR) is 144 cm³/mol. The van der Waals surface area contributed by atoms with E-state index in [1.807, 2.05) is 48.6 Å². The van der Waals surface area contributed by atoms with Gasteiger partial charge in [-0.2, -0.15) is 0 Å². The Hall–Kier alpha value is -1.95. The highest BCUT2D eigenvalue weighted by molar-refractivity contribution is 14.1. The number of carbonyl (C=O) groups excluding carboxylic acids is 2. The molecule has 1 aliphatic heterocycles. The van der Waals surface area contributed by atoms with Crippen molar-refractivity contribution < 1.29 is 34.4 Å². The van der Waals surface area contributed by atoms with Crippen molar-refractivity contribution in [3.63, 3.8) is 0 Å². The van der Waals surface area contributed by atoms with E-state index in [1.165, 1.54) is 12.0 Å². The zero-order valence-electron chi connectivity index (χ0n) is 21.3. The van der Waals surface area contributed by atoms with Crippen LogP contribution in [0.3, 0.4) is 0 Å². The second-order valence-electron chi connectivity index (χ2n) is 9.54. The fraction of sp³-hybridized carbons (Fsp3) is 0.556. The molecule has 198 valence electrons. The normalized spacial score (nSPS) is 23.4. The van der Waals surface area contributed by atoms with Gasteiger partial charge in [-0.25, -0.2) is 0 Å². The van der Waals surface area contributed by atoms with Gasteiger partial charge in [-0.1, -0.05) is 18.6 Å². The molecule has 0 saturated carbocycles. The van der Waals surface area contributed by atoms with Crippen LogP contribution in [0.15, 0.2) is 28.9 Å². The standard InChI is InChI=1S/C27H36INO7/c1-5-8-29-26(33)18-12-17(14-35-3)23(19(13-30)24(18)27(29)34)21(31)7-6-15(2)9-16-10-20(28)25(32)22(11-16)36-4/h9-11,18-19,21,24,30-32H,5-8,12-14H2,1-4H3/b15-9+/t18-,19+,21-,24-/m1/s1. The monoisotopic (exact) mass is 613 g/mol. The van der Waals surface area contributed by atoms with Crippen LogP contribution in [0.5, 0.6) is 11.5 Å². The smallest absolute Gasteiger partial charge is 0.233 e. The Morgan fingerprint density at radius 3 is 2.61 bits per heavy atom. The first-order chi connectivity index (χ1) is 17.2. The quantitative estimate of drug-likeness (QED) is 0.199. The number of amides is 2. The number of aliphatic hydroxyl groups is 2. The maximum atomic E-state index is 13.1. The number of allylic oxidation sites excluding steroid dienone is 1. The van der Waals surface area contributed by atoms with Crippen LogP contribution >= 0.6 is 22.6 Å². The van der Waals surface area contributed by atoms with Crippen LogP contribution in [0.2, 0.25) is 0 Å². The van der Waals surface area contributed by atoms with Gasteiger partial charge in [0.2, 0.25) is 11.8 Å². The average Bonchev–Trinajstić information content (AvgIpc) is 3.08. The van der Waals surface area contributed by atoms with Crippen molar-refractivity contribution in [3.8, 4) is 11.5 Å². The zero-order valence-corrected chi connectivity index (χ0v) is 23.4. The summed E-state index contributed by atoms with van der Waals surface area (Å²) in [6.07, 6.45) is 3.09. The molecule has 2 amide bonds. The SMILES string of the molecule is CCCN1C(=O)[C@@H]2[C@@H](CC(COC)=C([C@H](O)CC/C(C)=C/c3cc(I)c(O)c(OC)c3)[C@@H]2CO)C1=O. The molecule has 3 rings (SSSR count). The Labute approximate surface area is 226 Å². The van der Waals surface area contributed by atoms with Crippen LogP contribution in [0, 0.1) is 21.3 Å². The first-order valence-electron chi connectivity index (χ1n) is 12.3. The van der Waals surface area contributed by atoms with Gasteiger partial charge >= 0.3 is 0 Å². The summed E-state index contributed by atoms with van der Waals surface area (Å²) < 4.78 is 11.3. The number of ether oxygens (including phenoxy) is 2. The number of aliphatic hydroxyl groups excluding tert-OH is 2. The molecule has 8 nitrogen and oxygen atoms in total. The molecule has 36 heavy (non-hydrogen) atoms. The minimum Gasteiger partial charge on any atom is -0.504 e. The van der Waals surface area contributed by atoms with E-state index >= 15 is 0 Å². The van der Waals surface area contributed by atoms with Crippen LogP contribution < -0.4 is 4.74 Å². The number of fused-ring (bicyclic) bond motifs is 1. The second-order valence-corrected chi connectivity index (χ2v) is 10.7. The van der Waals surface area contributed by atoms with E-state index in [-0.39, 0.29) is 30.8 Å². The van der Waals surface area contributed by atoms with Gasteiger partial charge in [-0.3, -0.25) is 14.5 Å². The third-order valence-corrected chi connectivity index (χ3v) is 7.92. The van der Waals surface area contributed by atoms with Crippen molar-refractivity contribution in [1.82, 2.24) is 4.90 Å². The lowest BCUT2D eigenvalue weighted by Crippen LogP contribution is -2.39. The van der Waals surface area contributed by atoms with Gasteiger partial charge in [0.15, 0.2) is 11.5 Å². The Bertz CT molecular complexity index is 1050. The molecule has 0 radical (unpaired) electrons. The molecule has 0 aromatic heterocycles. The number of nitrogens with zero attached hydrogens (tertiary/aromatic N) is 1. The largest absolute Gasteiger partial charge is 0.504 e. The number of benzene rings is 1. The fourth-order valence-corrected chi connectivity index (χ4v) is 6.11. The van der Waals surface area contributed by atoms with Crippen molar-refractivity contribution in [2.45, 2.75) is 45.6 Å². The van der Waals surface area contributed by atoms with E-state index in [1.54, 1.807) is 13.2 Å². The molecule has 9 heteroatoms. The maximum Gasteiger partial charge on any atom is 0.233 e. The van der Waals surface area contributed by atoms with Crippen molar-refractivity contribution >= 4 is 40.5 Å². The maximum absolute atomic E-state index is 13.1. The summed E-state index contributed by atoms with van der Waals surface area (Å²) in [5, 5.41) is 31.7. The molecule has 0 bridgehead atoms. The molecule has 2 aliphatic rings. The van der Waals surface area contributed by atoms with E-state index in [9.17, 15) is 24.9 Å². The first kappa shape index (κ1) is 28.6. The molecule has 0 unspecified atom stereocenters. The number of hydrogen-bond donors (Lipinski definition) is 3. The number of imide groups is 1. The minimum atomic E-state index is -0.880. The first-order valence-corrected chi connectivity index (χ1v) is 13.3. The van der Waals surface area contributed by atoms with Gasteiger partial charge in [0.05, 0.1) is 41.8 Å². The number of hydrogen-bond acceptors (Lipinski definition) is 7. The van der Waals surface area contributed by atoms with E-state index in [4.69, 9.17) is 9.47 Å². The van der Waals surface area contributed by atoms with Crippen LogP contribution in [-0.4, -0.2) is 72.1 Å². The third-order valence-electron chi connectivity index (χ3n) is 7.09. The van der Waals surface area contributed by atoms with Crippen LogP contribution in [0.4, 0.5) is 0 Å². The van der Waals surface area contributed by atoms with Gasteiger partial charge in [0.25, 0.3) is 0 Å².